The molecule has 112 valence electrons. The molecule has 2 rings (SSSR count). The molecule has 7 nitrogen and oxygen atoms in total. The monoisotopic (exact) mass is 289 g/mol. The van der Waals surface area contributed by atoms with Gasteiger partial charge in [-0.3, -0.25) is 0 Å². The molecule has 7 heteroatoms. The summed E-state index contributed by atoms with van der Waals surface area (Å²) in [4.78, 5) is 8.43. The minimum Gasteiger partial charge on any atom is -0.493 e. The Kier molecular flexibility index (Phi) is 4.78. The summed E-state index contributed by atoms with van der Waals surface area (Å²) in [5.74, 6) is 8.67. The van der Waals surface area contributed by atoms with Gasteiger partial charge < -0.3 is 20.2 Å². The van der Waals surface area contributed by atoms with E-state index in [1.165, 1.54) is 0 Å². The zero-order valence-electron chi connectivity index (χ0n) is 12.3. The minimum absolute atomic E-state index is 0.567. The van der Waals surface area contributed by atoms with E-state index in [9.17, 15) is 0 Å². The molecule has 0 spiro atoms. The van der Waals surface area contributed by atoms with Crippen LogP contribution in [0.1, 0.15) is 11.4 Å². The Morgan fingerprint density at radius 1 is 1.05 bits per heavy atom. The van der Waals surface area contributed by atoms with Crippen molar-refractivity contribution in [3.63, 3.8) is 0 Å². The van der Waals surface area contributed by atoms with Gasteiger partial charge in [-0.25, -0.2) is 15.8 Å². The zero-order chi connectivity index (χ0) is 15.2. The number of hydrogen-bond acceptors (Lipinski definition) is 7. The van der Waals surface area contributed by atoms with Crippen molar-refractivity contribution in [2.45, 2.75) is 13.5 Å². The van der Waals surface area contributed by atoms with Crippen LogP contribution in [0.15, 0.2) is 24.3 Å². The number of hydrazine groups is 1. The third-order valence-corrected chi connectivity index (χ3v) is 2.91. The summed E-state index contributed by atoms with van der Waals surface area (Å²) in [6.45, 7) is 2.41. The first kappa shape index (κ1) is 14.9. The van der Waals surface area contributed by atoms with Gasteiger partial charge in [0.05, 0.1) is 14.2 Å². The van der Waals surface area contributed by atoms with Crippen LogP contribution in [-0.4, -0.2) is 24.2 Å². The van der Waals surface area contributed by atoms with Crippen molar-refractivity contribution >= 4 is 11.6 Å². The van der Waals surface area contributed by atoms with Gasteiger partial charge in [-0.1, -0.05) is 6.07 Å². The van der Waals surface area contributed by atoms with Gasteiger partial charge in [-0.05, 0) is 24.6 Å². The molecule has 0 amide bonds. The van der Waals surface area contributed by atoms with Crippen LogP contribution in [0, 0.1) is 6.92 Å². The first-order valence-corrected chi connectivity index (χ1v) is 6.43. The number of nitrogens with two attached hydrogens (primary N) is 1. The Hall–Kier alpha value is -2.54. The smallest absolute Gasteiger partial charge is 0.161 e. The Morgan fingerprint density at radius 3 is 2.43 bits per heavy atom. The molecule has 0 bridgehead atoms. The standard InChI is InChI=1S/C14H19N5O2/c1-9-17-13(7-14(18-9)19-15)16-8-10-4-5-11(20-2)12(6-10)21-3/h4-7H,8,15H2,1-3H3,(H2,16,17,18,19). The fraction of sp³-hybridized carbons (Fsp3) is 0.286. The van der Waals surface area contributed by atoms with Crippen molar-refractivity contribution in [3.05, 3.63) is 35.7 Å². The quantitative estimate of drug-likeness (QED) is 0.550. The Morgan fingerprint density at radius 2 is 1.76 bits per heavy atom. The highest BCUT2D eigenvalue weighted by molar-refractivity contribution is 5.48. The number of ether oxygens (including phenoxy) is 2. The Balaban J connectivity index is 2.11. The van der Waals surface area contributed by atoms with Gasteiger partial charge in [0.2, 0.25) is 0 Å². The molecule has 4 N–H and O–H groups in total. The SMILES string of the molecule is COc1ccc(CNc2cc(NN)nc(C)n2)cc1OC. The van der Waals surface area contributed by atoms with Crippen molar-refractivity contribution in [2.75, 3.05) is 25.0 Å². The van der Waals surface area contributed by atoms with Crippen LogP contribution < -0.4 is 26.1 Å². The molecule has 0 fully saturated rings. The molecule has 2 aromatic rings. The number of nitrogen functional groups attached to an aromatic ring is 1. The van der Waals surface area contributed by atoms with Crippen molar-refractivity contribution in [1.82, 2.24) is 9.97 Å². The number of hydrogen-bond donors (Lipinski definition) is 3. The maximum absolute atomic E-state index is 5.37. The van der Waals surface area contributed by atoms with Crippen LogP contribution in [0.4, 0.5) is 11.6 Å². The highest BCUT2D eigenvalue weighted by Gasteiger charge is 2.05. The molecule has 0 saturated heterocycles. The summed E-state index contributed by atoms with van der Waals surface area (Å²) >= 11 is 0. The average Bonchev–Trinajstić information content (AvgIpc) is 2.52. The molecule has 0 unspecified atom stereocenters. The third-order valence-electron chi connectivity index (χ3n) is 2.91. The number of benzene rings is 1. The second-order valence-electron chi connectivity index (χ2n) is 4.37. The van der Waals surface area contributed by atoms with Crippen LogP contribution in [0.25, 0.3) is 0 Å². The van der Waals surface area contributed by atoms with Gasteiger partial charge in [0, 0.05) is 12.6 Å². The Labute approximate surface area is 123 Å². The van der Waals surface area contributed by atoms with Gasteiger partial charge in [0.25, 0.3) is 0 Å². The lowest BCUT2D eigenvalue weighted by atomic mass is 10.2. The number of aromatic nitrogens is 2. The fourth-order valence-electron chi connectivity index (χ4n) is 1.92. The first-order valence-electron chi connectivity index (χ1n) is 6.43. The summed E-state index contributed by atoms with van der Waals surface area (Å²) < 4.78 is 10.5. The van der Waals surface area contributed by atoms with Gasteiger partial charge in [0.15, 0.2) is 11.5 Å². The molecule has 0 radical (unpaired) electrons. The van der Waals surface area contributed by atoms with Crippen LogP contribution in [0.3, 0.4) is 0 Å². The minimum atomic E-state index is 0.567. The molecule has 1 aromatic heterocycles. The molecule has 0 saturated carbocycles. The van der Waals surface area contributed by atoms with Gasteiger partial charge >= 0.3 is 0 Å². The van der Waals surface area contributed by atoms with Crippen molar-refractivity contribution in [1.29, 1.82) is 0 Å². The highest BCUT2D eigenvalue weighted by Crippen LogP contribution is 2.27. The van der Waals surface area contributed by atoms with Gasteiger partial charge in [-0.15, -0.1) is 0 Å². The molecule has 21 heavy (non-hydrogen) atoms. The molecule has 0 aliphatic rings. The second-order valence-corrected chi connectivity index (χ2v) is 4.37. The normalized spacial score (nSPS) is 10.1. The van der Waals surface area contributed by atoms with Crippen molar-refractivity contribution in [2.24, 2.45) is 5.84 Å². The van der Waals surface area contributed by atoms with Crippen LogP contribution in [-0.2, 0) is 6.54 Å². The van der Waals surface area contributed by atoms with E-state index >= 15 is 0 Å². The topological polar surface area (TPSA) is 94.3 Å². The number of anilines is 2. The predicted octanol–water partition coefficient (Wildman–Crippen LogP) is 1.70. The predicted molar refractivity (Wildman–Crippen MR) is 81.5 cm³/mol. The van der Waals surface area contributed by atoms with Crippen molar-refractivity contribution in [3.8, 4) is 11.5 Å². The lowest BCUT2D eigenvalue weighted by Crippen LogP contribution is -2.11. The summed E-state index contributed by atoms with van der Waals surface area (Å²) in [5.41, 5.74) is 3.56. The Bertz CT molecular complexity index is 618. The van der Waals surface area contributed by atoms with Gasteiger partial charge in [0.1, 0.15) is 17.5 Å². The maximum atomic E-state index is 5.37. The number of aryl methyl sites for hydroxylation is 1. The van der Waals surface area contributed by atoms with Gasteiger partial charge in [-0.2, -0.15) is 0 Å². The maximum Gasteiger partial charge on any atom is 0.161 e. The molecule has 0 atom stereocenters. The second kappa shape index (κ2) is 6.76. The summed E-state index contributed by atoms with van der Waals surface area (Å²) in [5, 5.41) is 3.22. The van der Waals surface area contributed by atoms with Crippen molar-refractivity contribution < 1.29 is 9.47 Å². The number of methoxy groups -OCH3 is 2. The van der Waals surface area contributed by atoms with E-state index in [1.807, 2.05) is 25.1 Å². The van der Waals surface area contributed by atoms with Crippen LogP contribution in [0.2, 0.25) is 0 Å². The molecule has 0 aliphatic heterocycles. The molecule has 1 heterocycles. The summed E-state index contributed by atoms with van der Waals surface area (Å²) in [6, 6.07) is 7.49. The molecular weight excluding hydrogens is 270 g/mol. The summed E-state index contributed by atoms with van der Waals surface area (Å²) in [6.07, 6.45) is 0. The largest absolute Gasteiger partial charge is 0.493 e. The van der Waals surface area contributed by atoms with E-state index in [2.05, 4.69) is 20.7 Å². The lowest BCUT2D eigenvalue weighted by Gasteiger charge is -2.11. The van der Waals surface area contributed by atoms with E-state index in [0.717, 1.165) is 5.56 Å². The number of nitrogens with one attached hydrogen (secondary N) is 2. The molecule has 1 aromatic carbocycles. The summed E-state index contributed by atoms with van der Waals surface area (Å²) in [7, 11) is 3.23. The highest BCUT2D eigenvalue weighted by atomic mass is 16.5. The van der Waals surface area contributed by atoms with E-state index in [1.54, 1.807) is 20.3 Å². The average molecular weight is 289 g/mol. The number of nitrogens with zero attached hydrogens (tertiary/aromatic N) is 2. The molecule has 0 aliphatic carbocycles. The van der Waals surface area contributed by atoms with E-state index in [4.69, 9.17) is 15.3 Å². The fourth-order valence-corrected chi connectivity index (χ4v) is 1.92. The van der Waals surface area contributed by atoms with Crippen LogP contribution >= 0.6 is 0 Å². The third kappa shape index (κ3) is 3.73. The molecular formula is C14H19N5O2. The van der Waals surface area contributed by atoms with E-state index in [-0.39, 0.29) is 0 Å². The van der Waals surface area contributed by atoms with E-state index in [0.29, 0.717) is 35.5 Å². The van der Waals surface area contributed by atoms with E-state index < -0.39 is 0 Å². The number of rotatable bonds is 6. The first-order chi connectivity index (χ1) is 10.2. The van der Waals surface area contributed by atoms with Crippen LogP contribution in [0.5, 0.6) is 11.5 Å². The zero-order valence-corrected chi connectivity index (χ0v) is 12.3. The lowest BCUT2D eigenvalue weighted by molar-refractivity contribution is 0.354.